The molecule has 19 heavy (non-hydrogen) atoms. The molecule has 108 valence electrons. The fourth-order valence-corrected chi connectivity index (χ4v) is 3.18. The van der Waals surface area contributed by atoms with Gasteiger partial charge in [0.05, 0.1) is 19.1 Å². The van der Waals surface area contributed by atoms with Crippen molar-refractivity contribution in [3.05, 3.63) is 0 Å². The molecule has 1 aliphatic carbocycles. The molecule has 2 aliphatic rings. The molecule has 5 heteroatoms. The highest BCUT2D eigenvalue weighted by Crippen LogP contribution is 2.33. The van der Waals surface area contributed by atoms with Gasteiger partial charge in [0, 0.05) is 12.6 Å². The number of nitrogens with one attached hydrogen (secondary N) is 2. The lowest BCUT2D eigenvalue weighted by atomic mass is 9.85. The Kier molecular flexibility index (Phi) is 4.80. The molecule has 4 unspecified atom stereocenters. The first-order valence-corrected chi connectivity index (χ1v) is 7.23. The number of esters is 1. The smallest absolute Gasteiger partial charge is 0.310 e. The quantitative estimate of drug-likeness (QED) is 0.741. The van der Waals surface area contributed by atoms with Gasteiger partial charge in [0.25, 0.3) is 0 Å². The van der Waals surface area contributed by atoms with E-state index in [9.17, 15) is 9.59 Å². The first kappa shape index (κ1) is 14.3. The van der Waals surface area contributed by atoms with Crippen LogP contribution in [0.25, 0.3) is 0 Å². The fourth-order valence-electron chi connectivity index (χ4n) is 3.18. The van der Waals surface area contributed by atoms with E-state index in [1.807, 2.05) is 0 Å². The summed E-state index contributed by atoms with van der Waals surface area (Å²) >= 11 is 0. The van der Waals surface area contributed by atoms with Gasteiger partial charge >= 0.3 is 5.97 Å². The van der Waals surface area contributed by atoms with Crippen molar-refractivity contribution in [2.75, 3.05) is 13.7 Å². The molecule has 1 saturated carbocycles. The van der Waals surface area contributed by atoms with Crippen LogP contribution in [0.4, 0.5) is 0 Å². The number of methoxy groups -OCH3 is 1. The summed E-state index contributed by atoms with van der Waals surface area (Å²) in [5.41, 5.74) is 0. The van der Waals surface area contributed by atoms with Crippen molar-refractivity contribution in [3.8, 4) is 0 Å². The molecule has 0 bridgehead atoms. The SMILES string of the molecule is COC(=O)C(C)CNC(=O)C1CC2CCCCC2N1. The van der Waals surface area contributed by atoms with Crippen LogP contribution in [0.1, 0.15) is 39.0 Å². The third-order valence-electron chi connectivity index (χ3n) is 4.37. The van der Waals surface area contributed by atoms with Crippen molar-refractivity contribution in [2.24, 2.45) is 11.8 Å². The van der Waals surface area contributed by atoms with Crippen molar-refractivity contribution < 1.29 is 14.3 Å². The van der Waals surface area contributed by atoms with E-state index < -0.39 is 0 Å². The van der Waals surface area contributed by atoms with Crippen molar-refractivity contribution in [1.82, 2.24) is 10.6 Å². The highest BCUT2D eigenvalue weighted by molar-refractivity contribution is 5.83. The van der Waals surface area contributed by atoms with Gasteiger partial charge in [-0.05, 0) is 25.2 Å². The number of ether oxygens (including phenoxy) is 1. The Bertz CT molecular complexity index is 332. The highest BCUT2D eigenvalue weighted by Gasteiger charge is 2.38. The maximum Gasteiger partial charge on any atom is 0.310 e. The maximum absolute atomic E-state index is 12.1. The monoisotopic (exact) mass is 268 g/mol. The molecule has 2 rings (SSSR count). The number of amides is 1. The van der Waals surface area contributed by atoms with Gasteiger partial charge < -0.3 is 15.4 Å². The summed E-state index contributed by atoms with van der Waals surface area (Å²) in [4.78, 5) is 23.3. The number of rotatable bonds is 4. The topological polar surface area (TPSA) is 67.4 Å². The van der Waals surface area contributed by atoms with Crippen LogP contribution >= 0.6 is 0 Å². The minimum Gasteiger partial charge on any atom is -0.469 e. The standard InChI is InChI=1S/C14H24N2O3/c1-9(14(18)19-2)8-15-13(17)12-7-10-5-3-4-6-11(10)16-12/h9-12,16H,3-8H2,1-2H3,(H,15,17). The Hall–Kier alpha value is -1.10. The van der Waals surface area contributed by atoms with Gasteiger partial charge in [-0.2, -0.15) is 0 Å². The summed E-state index contributed by atoms with van der Waals surface area (Å²) < 4.78 is 4.64. The lowest BCUT2D eigenvalue weighted by molar-refractivity contribution is -0.144. The van der Waals surface area contributed by atoms with E-state index in [0.717, 1.165) is 6.42 Å². The number of carbonyl (C=O) groups is 2. The minimum atomic E-state index is -0.294. The van der Waals surface area contributed by atoms with Crippen molar-refractivity contribution in [2.45, 2.75) is 51.1 Å². The summed E-state index contributed by atoms with van der Waals surface area (Å²) in [6.07, 6.45) is 5.91. The van der Waals surface area contributed by atoms with Crippen molar-refractivity contribution in [3.63, 3.8) is 0 Å². The number of carbonyl (C=O) groups excluding carboxylic acids is 2. The van der Waals surface area contributed by atoms with Gasteiger partial charge in [0.2, 0.25) is 5.91 Å². The molecule has 0 spiro atoms. The second-order valence-electron chi connectivity index (χ2n) is 5.78. The molecular weight excluding hydrogens is 244 g/mol. The largest absolute Gasteiger partial charge is 0.469 e. The Morgan fingerprint density at radius 3 is 2.79 bits per heavy atom. The number of fused-ring (bicyclic) bond motifs is 1. The number of hydrogen-bond acceptors (Lipinski definition) is 4. The molecule has 5 nitrogen and oxygen atoms in total. The number of hydrogen-bond donors (Lipinski definition) is 2. The van der Waals surface area contributed by atoms with Crippen molar-refractivity contribution in [1.29, 1.82) is 0 Å². The molecule has 1 aliphatic heterocycles. The maximum atomic E-state index is 12.1. The van der Waals surface area contributed by atoms with Crippen LogP contribution in [-0.4, -0.2) is 37.6 Å². The lowest BCUT2D eigenvalue weighted by Gasteiger charge is -2.24. The fraction of sp³-hybridized carbons (Fsp3) is 0.857. The molecule has 1 amide bonds. The van der Waals surface area contributed by atoms with Gasteiger partial charge in [-0.15, -0.1) is 0 Å². The second-order valence-corrected chi connectivity index (χ2v) is 5.78. The highest BCUT2D eigenvalue weighted by atomic mass is 16.5. The summed E-state index contributed by atoms with van der Waals surface area (Å²) in [7, 11) is 1.36. The van der Waals surface area contributed by atoms with E-state index in [1.165, 1.54) is 32.8 Å². The van der Waals surface area contributed by atoms with Crippen LogP contribution in [0.15, 0.2) is 0 Å². The molecule has 0 aromatic carbocycles. The Balaban J connectivity index is 1.76. The summed E-state index contributed by atoms with van der Waals surface area (Å²) in [6.45, 7) is 2.10. The molecular formula is C14H24N2O3. The van der Waals surface area contributed by atoms with Gasteiger partial charge in [-0.1, -0.05) is 19.8 Å². The van der Waals surface area contributed by atoms with Crippen LogP contribution in [0, 0.1) is 11.8 Å². The molecule has 0 aromatic heterocycles. The predicted molar refractivity (Wildman–Crippen MR) is 71.5 cm³/mol. The lowest BCUT2D eigenvalue weighted by Crippen LogP contribution is -2.44. The summed E-state index contributed by atoms with van der Waals surface area (Å²) in [5.74, 6) is 0.0960. The van der Waals surface area contributed by atoms with Crippen LogP contribution in [0.2, 0.25) is 0 Å². The van der Waals surface area contributed by atoms with E-state index in [-0.39, 0.29) is 23.8 Å². The molecule has 2 N–H and O–H groups in total. The van der Waals surface area contributed by atoms with Crippen molar-refractivity contribution >= 4 is 11.9 Å². The molecule has 1 heterocycles. The van der Waals surface area contributed by atoms with Crippen LogP contribution in [-0.2, 0) is 14.3 Å². The molecule has 4 atom stereocenters. The Labute approximate surface area is 114 Å². The van der Waals surface area contributed by atoms with Gasteiger partial charge in [-0.25, -0.2) is 0 Å². The van der Waals surface area contributed by atoms with Gasteiger partial charge in [0.1, 0.15) is 0 Å². The average Bonchev–Trinajstić information content (AvgIpc) is 2.87. The minimum absolute atomic E-state index is 0.0187. The van der Waals surface area contributed by atoms with E-state index in [4.69, 9.17) is 0 Å². The predicted octanol–water partition coefficient (Wildman–Crippen LogP) is 0.832. The average molecular weight is 268 g/mol. The second kappa shape index (κ2) is 6.37. The summed E-state index contributed by atoms with van der Waals surface area (Å²) in [5, 5.41) is 6.28. The van der Waals surface area contributed by atoms with Crippen LogP contribution in [0.5, 0.6) is 0 Å². The first-order chi connectivity index (χ1) is 9.11. The van der Waals surface area contributed by atoms with Crippen LogP contribution < -0.4 is 10.6 Å². The normalized spacial score (nSPS) is 31.4. The zero-order valence-electron chi connectivity index (χ0n) is 11.8. The first-order valence-electron chi connectivity index (χ1n) is 7.23. The molecule has 0 aromatic rings. The third-order valence-corrected chi connectivity index (χ3v) is 4.37. The Morgan fingerprint density at radius 1 is 1.37 bits per heavy atom. The van der Waals surface area contributed by atoms with E-state index in [1.54, 1.807) is 6.92 Å². The van der Waals surface area contributed by atoms with E-state index in [2.05, 4.69) is 15.4 Å². The zero-order valence-corrected chi connectivity index (χ0v) is 11.8. The molecule has 1 saturated heterocycles. The van der Waals surface area contributed by atoms with Gasteiger partial charge in [-0.3, -0.25) is 9.59 Å². The van der Waals surface area contributed by atoms with E-state index in [0.29, 0.717) is 18.5 Å². The summed E-state index contributed by atoms with van der Waals surface area (Å²) in [6, 6.07) is 0.431. The third kappa shape index (κ3) is 3.47. The zero-order chi connectivity index (χ0) is 13.8. The van der Waals surface area contributed by atoms with E-state index >= 15 is 0 Å². The van der Waals surface area contributed by atoms with Crippen LogP contribution in [0.3, 0.4) is 0 Å². The Morgan fingerprint density at radius 2 is 2.11 bits per heavy atom. The molecule has 2 fully saturated rings. The molecule has 0 radical (unpaired) electrons. The van der Waals surface area contributed by atoms with Gasteiger partial charge in [0.15, 0.2) is 0 Å².